The molecular weight excluding hydrogens is 276 g/mol. The summed E-state index contributed by atoms with van der Waals surface area (Å²) in [5, 5.41) is 12.3. The van der Waals surface area contributed by atoms with E-state index < -0.39 is 0 Å². The zero-order valence-electron chi connectivity index (χ0n) is 13.6. The van der Waals surface area contributed by atoms with Gasteiger partial charge in [0.1, 0.15) is 0 Å². The Morgan fingerprint density at radius 2 is 2.27 bits per heavy atom. The first-order valence-corrected chi connectivity index (χ1v) is 8.47. The SMILES string of the molecule is CCN(CCCCO)C(=O)c1cccc([C@H]2CCCNC2)c1. The molecule has 1 fully saturated rings. The van der Waals surface area contributed by atoms with Crippen molar-refractivity contribution >= 4 is 5.91 Å². The van der Waals surface area contributed by atoms with Crippen LogP contribution in [0.3, 0.4) is 0 Å². The molecule has 0 bridgehead atoms. The Morgan fingerprint density at radius 1 is 1.41 bits per heavy atom. The molecule has 1 aromatic carbocycles. The van der Waals surface area contributed by atoms with Crippen LogP contribution in [0.5, 0.6) is 0 Å². The monoisotopic (exact) mass is 304 g/mol. The molecule has 1 aliphatic rings. The lowest BCUT2D eigenvalue weighted by atomic mass is 9.90. The van der Waals surface area contributed by atoms with Crippen molar-refractivity contribution in [3.8, 4) is 0 Å². The van der Waals surface area contributed by atoms with Crippen LogP contribution in [0.25, 0.3) is 0 Å². The summed E-state index contributed by atoms with van der Waals surface area (Å²) in [5.74, 6) is 0.622. The molecule has 4 nitrogen and oxygen atoms in total. The van der Waals surface area contributed by atoms with Gasteiger partial charge in [0.15, 0.2) is 0 Å². The van der Waals surface area contributed by atoms with Crippen molar-refractivity contribution < 1.29 is 9.90 Å². The number of aliphatic hydroxyl groups is 1. The van der Waals surface area contributed by atoms with Gasteiger partial charge in [-0.1, -0.05) is 12.1 Å². The quantitative estimate of drug-likeness (QED) is 0.761. The zero-order chi connectivity index (χ0) is 15.8. The van der Waals surface area contributed by atoms with Crippen LogP contribution < -0.4 is 5.32 Å². The van der Waals surface area contributed by atoms with E-state index in [-0.39, 0.29) is 12.5 Å². The third-order valence-corrected chi connectivity index (χ3v) is 4.41. The Kier molecular flexibility index (Phi) is 6.87. The third-order valence-electron chi connectivity index (χ3n) is 4.41. The number of nitrogens with one attached hydrogen (secondary N) is 1. The Hall–Kier alpha value is -1.39. The first kappa shape index (κ1) is 17.0. The van der Waals surface area contributed by atoms with Gasteiger partial charge >= 0.3 is 0 Å². The molecule has 1 atom stereocenters. The zero-order valence-corrected chi connectivity index (χ0v) is 13.6. The van der Waals surface area contributed by atoms with Gasteiger partial charge in [-0.2, -0.15) is 0 Å². The number of carbonyl (C=O) groups is 1. The number of carbonyl (C=O) groups excluding carboxylic acids is 1. The van der Waals surface area contributed by atoms with E-state index in [2.05, 4.69) is 17.4 Å². The molecule has 1 heterocycles. The van der Waals surface area contributed by atoms with E-state index in [9.17, 15) is 4.79 Å². The van der Waals surface area contributed by atoms with Crippen molar-refractivity contribution in [2.45, 2.75) is 38.5 Å². The van der Waals surface area contributed by atoms with Gasteiger partial charge in [0.05, 0.1) is 0 Å². The molecule has 22 heavy (non-hydrogen) atoms. The molecule has 122 valence electrons. The normalized spacial score (nSPS) is 18.2. The molecule has 0 aliphatic carbocycles. The van der Waals surface area contributed by atoms with E-state index >= 15 is 0 Å². The highest BCUT2D eigenvalue weighted by molar-refractivity contribution is 5.94. The summed E-state index contributed by atoms with van der Waals surface area (Å²) >= 11 is 0. The van der Waals surface area contributed by atoms with E-state index in [1.54, 1.807) is 0 Å². The van der Waals surface area contributed by atoms with Crippen molar-refractivity contribution in [1.82, 2.24) is 10.2 Å². The van der Waals surface area contributed by atoms with Crippen LogP contribution in [0.4, 0.5) is 0 Å². The minimum atomic E-state index is 0.103. The molecule has 1 aliphatic heterocycles. The molecule has 2 rings (SSSR count). The van der Waals surface area contributed by atoms with E-state index in [1.165, 1.54) is 18.4 Å². The number of amides is 1. The molecule has 1 saturated heterocycles. The fraction of sp³-hybridized carbons (Fsp3) is 0.611. The number of nitrogens with zero attached hydrogens (tertiary/aromatic N) is 1. The van der Waals surface area contributed by atoms with Crippen LogP contribution >= 0.6 is 0 Å². The van der Waals surface area contributed by atoms with E-state index in [0.717, 1.165) is 31.5 Å². The maximum absolute atomic E-state index is 12.7. The van der Waals surface area contributed by atoms with Gasteiger partial charge in [-0.15, -0.1) is 0 Å². The van der Waals surface area contributed by atoms with Crippen molar-refractivity contribution in [2.75, 3.05) is 32.8 Å². The predicted octanol–water partition coefficient (Wildman–Crippen LogP) is 2.39. The Bertz CT molecular complexity index is 470. The standard InChI is InChI=1S/C18H28N2O2/c1-2-20(11-3-4-12-21)18(22)16-8-5-7-15(13-16)17-9-6-10-19-14-17/h5,7-8,13,17,19,21H,2-4,6,9-12,14H2,1H3/t17-/m0/s1. The number of aliphatic hydroxyl groups excluding tert-OH is 1. The average Bonchev–Trinajstić information content (AvgIpc) is 2.59. The molecule has 1 aromatic rings. The smallest absolute Gasteiger partial charge is 0.253 e. The lowest BCUT2D eigenvalue weighted by Crippen LogP contribution is -2.32. The van der Waals surface area contributed by atoms with E-state index in [0.29, 0.717) is 19.0 Å². The summed E-state index contributed by atoms with van der Waals surface area (Å²) in [6.45, 7) is 5.72. The fourth-order valence-corrected chi connectivity index (χ4v) is 3.06. The maximum Gasteiger partial charge on any atom is 0.253 e. The minimum absolute atomic E-state index is 0.103. The van der Waals surface area contributed by atoms with Crippen molar-refractivity contribution in [3.05, 3.63) is 35.4 Å². The Morgan fingerprint density at radius 3 is 2.95 bits per heavy atom. The van der Waals surface area contributed by atoms with Gasteiger partial charge in [0.2, 0.25) is 0 Å². The summed E-state index contributed by atoms with van der Waals surface area (Å²) in [4.78, 5) is 14.5. The summed E-state index contributed by atoms with van der Waals surface area (Å²) < 4.78 is 0. The van der Waals surface area contributed by atoms with Crippen LogP contribution in [-0.2, 0) is 0 Å². The van der Waals surface area contributed by atoms with Gasteiger partial charge in [-0.05, 0) is 62.8 Å². The van der Waals surface area contributed by atoms with Crippen molar-refractivity contribution in [3.63, 3.8) is 0 Å². The fourth-order valence-electron chi connectivity index (χ4n) is 3.06. The summed E-state index contributed by atoms with van der Waals surface area (Å²) in [7, 11) is 0. The second-order valence-electron chi connectivity index (χ2n) is 5.98. The average molecular weight is 304 g/mol. The van der Waals surface area contributed by atoms with Crippen LogP contribution in [0.15, 0.2) is 24.3 Å². The molecular formula is C18H28N2O2. The highest BCUT2D eigenvalue weighted by Gasteiger charge is 2.18. The first-order chi connectivity index (χ1) is 10.8. The number of benzene rings is 1. The van der Waals surface area contributed by atoms with Crippen LogP contribution in [-0.4, -0.2) is 48.7 Å². The number of hydrogen-bond acceptors (Lipinski definition) is 3. The lowest BCUT2D eigenvalue weighted by Gasteiger charge is -2.24. The van der Waals surface area contributed by atoms with Gasteiger partial charge in [-0.3, -0.25) is 4.79 Å². The second-order valence-corrected chi connectivity index (χ2v) is 5.98. The summed E-state index contributed by atoms with van der Waals surface area (Å²) in [6, 6.07) is 8.11. The largest absolute Gasteiger partial charge is 0.396 e. The second kappa shape index (κ2) is 8.91. The lowest BCUT2D eigenvalue weighted by molar-refractivity contribution is 0.0758. The molecule has 0 aromatic heterocycles. The molecule has 0 unspecified atom stereocenters. The number of unbranched alkanes of at least 4 members (excludes halogenated alkanes) is 1. The first-order valence-electron chi connectivity index (χ1n) is 8.47. The highest BCUT2D eigenvalue weighted by Crippen LogP contribution is 2.24. The highest BCUT2D eigenvalue weighted by atomic mass is 16.3. The van der Waals surface area contributed by atoms with Gasteiger partial charge in [0.25, 0.3) is 5.91 Å². The molecule has 0 spiro atoms. The Labute approximate surface area is 133 Å². The van der Waals surface area contributed by atoms with Crippen LogP contribution in [0.2, 0.25) is 0 Å². The topological polar surface area (TPSA) is 52.6 Å². The van der Waals surface area contributed by atoms with E-state index in [1.807, 2.05) is 24.0 Å². The Balaban J connectivity index is 2.04. The molecule has 2 N–H and O–H groups in total. The summed E-state index contributed by atoms with van der Waals surface area (Å²) in [6.07, 6.45) is 3.99. The van der Waals surface area contributed by atoms with Crippen LogP contribution in [0, 0.1) is 0 Å². The van der Waals surface area contributed by atoms with Crippen LogP contribution in [0.1, 0.15) is 54.4 Å². The molecule has 0 radical (unpaired) electrons. The number of piperidine rings is 1. The van der Waals surface area contributed by atoms with Gasteiger partial charge in [0, 0.05) is 31.8 Å². The molecule has 4 heteroatoms. The molecule has 0 saturated carbocycles. The molecule has 1 amide bonds. The van der Waals surface area contributed by atoms with Gasteiger partial charge < -0.3 is 15.3 Å². The number of hydrogen-bond donors (Lipinski definition) is 2. The predicted molar refractivity (Wildman–Crippen MR) is 89.2 cm³/mol. The van der Waals surface area contributed by atoms with Gasteiger partial charge in [-0.25, -0.2) is 0 Å². The third kappa shape index (κ3) is 4.55. The summed E-state index contributed by atoms with van der Waals surface area (Å²) in [5.41, 5.74) is 2.05. The van der Waals surface area contributed by atoms with Crippen molar-refractivity contribution in [1.29, 1.82) is 0 Å². The minimum Gasteiger partial charge on any atom is -0.396 e. The maximum atomic E-state index is 12.7. The number of rotatable bonds is 7. The van der Waals surface area contributed by atoms with E-state index in [4.69, 9.17) is 5.11 Å². The van der Waals surface area contributed by atoms with Crippen molar-refractivity contribution in [2.24, 2.45) is 0 Å².